The second kappa shape index (κ2) is 7.93. The highest BCUT2D eigenvalue weighted by molar-refractivity contribution is 7.52. The van der Waals surface area contributed by atoms with E-state index in [2.05, 4.69) is 0 Å². The molecule has 2 aromatic rings. The van der Waals surface area contributed by atoms with Gasteiger partial charge >= 0.3 is 7.60 Å². The van der Waals surface area contributed by atoms with Crippen LogP contribution in [-0.4, -0.2) is 29.3 Å². The first-order valence-electron chi connectivity index (χ1n) is 7.71. The van der Waals surface area contributed by atoms with E-state index in [1.165, 1.54) is 0 Å². The minimum Gasteiger partial charge on any atom is -0.491 e. The normalized spacial score (nSPS) is 15.3. The average Bonchev–Trinajstić information content (AvgIpc) is 2.53. The van der Waals surface area contributed by atoms with Gasteiger partial charge in [0.15, 0.2) is 0 Å². The van der Waals surface area contributed by atoms with Crippen molar-refractivity contribution in [3.63, 3.8) is 0 Å². The van der Waals surface area contributed by atoms with Crippen molar-refractivity contribution in [1.29, 1.82) is 0 Å². The lowest BCUT2D eigenvalue weighted by molar-refractivity contribution is 0.184. The minimum absolute atomic E-state index is 0.119. The molecular weight excluding hydrogens is 315 g/mol. The second-order valence-corrected chi connectivity index (χ2v) is 7.26. The summed E-state index contributed by atoms with van der Waals surface area (Å²) in [5.74, 6) is 0.500. The van der Waals surface area contributed by atoms with Crippen LogP contribution < -0.4 is 4.74 Å². The third kappa shape index (κ3) is 4.79. The highest BCUT2D eigenvalue weighted by Crippen LogP contribution is 2.50. The van der Waals surface area contributed by atoms with Crippen LogP contribution >= 0.6 is 7.60 Å². The summed E-state index contributed by atoms with van der Waals surface area (Å²) >= 11 is 0. The van der Waals surface area contributed by atoms with Gasteiger partial charge in [0.1, 0.15) is 12.4 Å². The standard InChI is InChI=1S/C17H23O5P/c1-3-13(2)22-23(19,20)12-16-15-7-5-4-6-14(15)8-9-17(16)21-11-10-18/h4-9,13,18H,3,10-12H2,1-2H3,(H,19,20). The van der Waals surface area contributed by atoms with E-state index >= 15 is 0 Å². The third-order valence-electron chi connectivity index (χ3n) is 3.62. The number of aliphatic hydroxyl groups excluding tert-OH is 1. The van der Waals surface area contributed by atoms with E-state index in [1.807, 2.05) is 37.3 Å². The van der Waals surface area contributed by atoms with Crippen LogP contribution in [-0.2, 0) is 15.3 Å². The Kier molecular flexibility index (Phi) is 6.19. The lowest BCUT2D eigenvalue weighted by Crippen LogP contribution is -2.08. The van der Waals surface area contributed by atoms with Crippen molar-refractivity contribution in [3.8, 4) is 5.75 Å². The van der Waals surface area contributed by atoms with Crippen molar-refractivity contribution in [2.75, 3.05) is 13.2 Å². The number of benzene rings is 2. The summed E-state index contributed by atoms with van der Waals surface area (Å²) in [4.78, 5) is 10.2. The van der Waals surface area contributed by atoms with Gasteiger partial charge in [-0.15, -0.1) is 0 Å². The van der Waals surface area contributed by atoms with Gasteiger partial charge in [0.2, 0.25) is 0 Å². The van der Waals surface area contributed by atoms with Crippen molar-refractivity contribution in [2.24, 2.45) is 0 Å². The zero-order valence-electron chi connectivity index (χ0n) is 13.4. The van der Waals surface area contributed by atoms with Gasteiger partial charge in [-0.25, -0.2) is 0 Å². The quantitative estimate of drug-likeness (QED) is 0.718. The van der Waals surface area contributed by atoms with E-state index in [4.69, 9.17) is 14.4 Å². The van der Waals surface area contributed by atoms with Gasteiger partial charge in [0, 0.05) is 5.56 Å². The van der Waals surface area contributed by atoms with Crippen LogP contribution in [0.1, 0.15) is 25.8 Å². The Bertz CT molecular complexity index is 700. The second-order valence-electron chi connectivity index (χ2n) is 5.46. The molecule has 2 atom stereocenters. The van der Waals surface area contributed by atoms with Crippen molar-refractivity contribution < 1.29 is 23.8 Å². The monoisotopic (exact) mass is 338 g/mol. The fourth-order valence-electron chi connectivity index (χ4n) is 2.36. The maximum Gasteiger partial charge on any atom is 0.332 e. The molecule has 2 aromatic carbocycles. The van der Waals surface area contributed by atoms with Crippen LogP contribution in [0.25, 0.3) is 10.8 Å². The molecule has 5 nitrogen and oxygen atoms in total. The van der Waals surface area contributed by atoms with Gasteiger partial charge in [-0.3, -0.25) is 4.57 Å². The van der Waals surface area contributed by atoms with Crippen LogP contribution in [0.5, 0.6) is 5.75 Å². The van der Waals surface area contributed by atoms with E-state index in [9.17, 15) is 9.46 Å². The molecule has 0 saturated heterocycles. The summed E-state index contributed by atoms with van der Waals surface area (Å²) in [5, 5.41) is 10.8. The molecule has 126 valence electrons. The Morgan fingerprint density at radius 3 is 2.65 bits per heavy atom. The van der Waals surface area contributed by atoms with Crippen LogP contribution in [0.2, 0.25) is 0 Å². The minimum atomic E-state index is -3.79. The highest BCUT2D eigenvalue weighted by atomic mass is 31.2. The van der Waals surface area contributed by atoms with Crippen molar-refractivity contribution in [2.45, 2.75) is 32.5 Å². The fourth-order valence-corrected chi connectivity index (χ4v) is 3.87. The first-order chi connectivity index (χ1) is 11.0. The summed E-state index contributed by atoms with van der Waals surface area (Å²) in [5.41, 5.74) is 0.630. The molecule has 2 rings (SSSR count). The van der Waals surface area contributed by atoms with Crippen molar-refractivity contribution in [3.05, 3.63) is 42.0 Å². The summed E-state index contributed by atoms with van der Waals surface area (Å²) in [6, 6.07) is 11.3. The predicted molar refractivity (Wildman–Crippen MR) is 90.9 cm³/mol. The summed E-state index contributed by atoms with van der Waals surface area (Å²) < 4.78 is 23.3. The summed E-state index contributed by atoms with van der Waals surface area (Å²) in [7, 11) is -3.79. The Morgan fingerprint density at radius 1 is 1.22 bits per heavy atom. The van der Waals surface area contributed by atoms with Gasteiger partial charge in [0.25, 0.3) is 0 Å². The molecule has 0 bridgehead atoms. The van der Waals surface area contributed by atoms with Gasteiger partial charge in [-0.2, -0.15) is 0 Å². The Balaban J connectivity index is 2.41. The van der Waals surface area contributed by atoms with Crippen molar-refractivity contribution >= 4 is 18.4 Å². The molecule has 2 N–H and O–H groups in total. The maximum absolute atomic E-state index is 12.5. The molecule has 6 heteroatoms. The first-order valence-corrected chi connectivity index (χ1v) is 9.47. The number of aliphatic hydroxyl groups is 1. The number of fused-ring (bicyclic) bond motifs is 1. The van der Waals surface area contributed by atoms with E-state index < -0.39 is 7.60 Å². The lowest BCUT2D eigenvalue weighted by Gasteiger charge is -2.19. The van der Waals surface area contributed by atoms with Gasteiger partial charge < -0.3 is 19.3 Å². The molecule has 0 spiro atoms. The van der Waals surface area contributed by atoms with Crippen LogP contribution in [0.4, 0.5) is 0 Å². The largest absolute Gasteiger partial charge is 0.491 e. The van der Waals surface area contributed by atoms with Gasteiger partial charge in [-0.1, -0.05) is 37.3 Å². The SMILES string of the molecule is CCC(C)OP(=O)(O)Cc1c(OCCO)ccc2ccccc12. The first kappa shape index (κ1) is 18.0. The number of hydrogen-bond acceptors (Lipinski definition) is 4. The molecule has 23 heavy (non-hydrogen) atoms. The average molecular weight is 338 g/mol. The maximum atomic E-state index is 12.5. The molecule has 0 fully saturated rings. The highest BCUT2D eigenvalue weighted by Gasteiger charge is 2.26. The van der Waals surface area contributed by atoms with Crippen LogP contribution in [0.3, 0.4) is 0 Å². The Morgan fingerprint density at radius 2 is 1.96 bits per heavy atom. The molecule has 0 aromatic heterocycles. The number of hydrogen-bond donors (Lipinski definition) is 2. The molecule has 0 aliphatic carbocycles. The van der Waals surface area contributed by atoms with Gasteiger partial charge in [0.05, 0.1) is 18.9 Å². The van der Waals surface area contributed by atoms with Crippen LogP contribution in [0.15, 0.2) is 36.4 Å². The van der Waals surface area contributed by atoms with Gasteiger partial charge in [-0.05, 0) is 30.2 Å². The van der Waals surface area contributed by atoms with Crippen molar-refractivity contribution in [1.82, 2.24) is 0 Å². The van der Waals surface area contributed by atoms with E-state index in [-0.39, 0.29) is 25.5 Å². The smallest absolute Gasteiger partial charge is 0.332 e. The molecule has 0 heterocycles. The molecular formula is C17H23O5P. The lowest BCUT2D eigenvalue weighted by atomic mass is 10.0. The number of ether oxygens (including phenoxy) is 1. The molecule has 0 saturated carbocycles. The fraction of sp³-hybridized carbons (Fsp3) is 0.412. The third-order valence-corrected chi connectivity index (χ3v) is 5.03. The summed E-state index contributed by atoms with van der Waals surface area (Å²) in [6.45, 7) is 3.69. The summed E-state index contributed by atoms with van der Waals surface area (Å²) in [6.07, 6.45) is 0.246. The van der Waals surface area contributed by atoms with E-state index in [0.717, 1.165) is 10.8 Å². The topological polar surface area (TPSA) is 76.0 Å². The zero-order chi connectivity index (χ0) is 16.9. The molecule has 0 radical (unpaired) electrons. The van der Waals surface area contributed by atoms with E-state index in [1.54, 1.807) is 13.0 Å². The Labute approximate surface area is 136 Å². The predicted octanol–water partition coefficient (Wildman–Crippen LogP) is 3.71. The molecule has 2 unspecified atom stereocenters. The Hall–Kier alpha value is -1.39. The van der Waals surface area contributed by atoms with E-state index in [0.29, 0.717) is 17.7 Å². The molecule has 0 aliphatic heterocycles. The molecule has 0 aliphatic rings. The van der Waals surface area contributed by atoms with Crippen LogP contribution in [0, 0.1) is 0 Å². The molecule has 0 amide bonds. The number of rotatable bonds is 8. The zero-order valence-corrected chi connectivity index (χ0v) is 14.3.